The summed E-state index contributed by atoms with van der Waals surface area (Å²) in [6.07, 6.45) is 2.76. The molecular weight excluding hydrogens is 310 g/mol. The highest BCUT2D eigenvalue weighted by Crippen LogP contribution is 2.19. The number of nitrogens with one attached hydrogen (secondary N) is 2. The van der Waals surface area contributed by atoms with Gasteiger partial charge in [-0.15, -0.1) is 0 Å². The minimum absolute atomic E-state index is 0.0544. The van der Waals surface area contributed by atoms with Gasteiger partial charge in [-0.05, 0) is 49.2 Å². The van der Waals surface area contributed by atoms with E-state index in [1.165, 1.54) is 17.9 Å². The molecular formula is C21H23N3O. The predicted octanol–water partition coefficient (Wildman–Crippen LogP) is 4.09. The lowest BCUT2D eigenvalue weighted by atomic mass is 10.1. The zero-order chi connectivity index (χ0) is 17.6. The van der Waals surface area contributed by atoms with Crippen LogP contribution in [0.1, 0.15) is 31.0 Å². The second-order valence-corrected chi connectivity index (χ2v) is 6.22. The number of pyridine rings is 1. The van der Waals surface area contributed by atoms with Crippen molar-refractivity contribution in [2.24, 2.45) is 0 Å². The molecule has 0 aliphatic rings. The summed E-state index contributed by atoms with van der Waals surface area (Å²) in [5.41, 5.74) is 4.32. The van der Waals surface area contributed by atoms with Crippen LogP contribution in [0, 0.1) is 0 Å². The van der Waals surface area contributed by atoms with Gasteiger partial charge in [-0.3, -0.25) is 9.78 Å². The van der Waals surface area contributed by atoms with Gasteiger partial charge < -0.3 is 10.6 Å². The number of fused-ring (bicyclic) bond motifs is 1. The van der Waals surface area contributed by atoms with Crippen LogP contribution < -0.4 is 10.6 Å². The Bertz CT molecular complexity index is 870. The summed E-state index contributed by atoms with van der Waals surface area (Å²) in [5, 5.41) is 7.56. The van der Waals surface area contributed by atoms with Crippen molar-refractivity contribution < 1.29 is 4.79 Å². The Balaban J connectivity index is 1.62. The van der Waals surface area contributed by atoms with Gasteiger partial charge >= 0.3 is 0 Å². The Hall–Kier alpha value is -2.72. The molecule has 3 rings (SSSR count). The molecule has 0 saturated carbocycles. The molecule has 2 N–H and O–H groups in total. The van der Waals surface area contributed by atoms with Crippen molar-refractivity contribution in [3.63, 3.8) is 0 Å². The van der Waals surface area contributed by atoms with Crippen molar-refractivity contribution in [1.82, 2.24) is 10.3 Å². The minimum atomic E-state index is -0.0544. The standard InChI is InChI=1S/C21H23N3O/c1-15(19-8-4-10-20(14-19)24-16(2)25)22-13-11-18-7-3-6-17-9-5-12-23-21(17)18/h3-10,12,14-15,22H,11,13H2,1-2H3,(H,24,25)/t15-/m0/s1. The van der Waals surface area contributed by atoms with Gasteiger partial charge in [0, 0.05) is 30.2 Å². The van der Waals surface area contributed by atoms with E-state index >= 15 is 0 Å². The summed E-state index contributed by atoms with van der Waals surface area (Å²) in [7, 11) is 0. The smallest absolute Gasteiger partial charge is 0.221 e. The number of anilines is 1. The van der Waals surface area contributed by atoms with Crippen LogP contribution in [0.4, 0.5) is 5.69 Å². The van der Waals surface area contributed by atoms with Crippen molar-refractivity contribution in [1.29, 1.82) is 0 Å². The van der Waals surface area contributed by atoms with Gasteiger partial charge in [0.05, 0.1) is 5.52 Å². The molecule has 0 radical (unpaired) electrons. The van der Waals surface area contributed by atoms with Crippen LogP contribution in [0.5, 0.6) is 0 Å². The lowest BCUT2D eigenvalue weighted by molar-refractivity contribution is -0.114. The van der Waals surface area contributed by atoms with Crippen LogP contribution in [0.15, 0.2) is 60.8 Å². The van der Waals surface area contributed by atoms with E-state index in [1.807, 2.05) is 30.5 Å². The fourth-order valence-corrected chi connectivity index (χ4v) is 3.00. The molecule has 0 fully saturated rings. The van der Waals surface area contributed by atoms with Crippen molar-refractivity contribution in [3.8, 4) is 0 Å². The number of carbonyl (C=O) groups is 1. The quantitative estimate of drug-likeness (QED) is 0.714. The molecule has 0 aliphatic heterocycles. The van der Waals surface area contributed by atoms with Crippen LogP contribution in [0.2, 0.25) is 0 Å². The fourth-order valence-electron chi connectivity index (χ4n) is 3.00. The molecule has 0 unspecified atom stereocenters. The normalized spacial score (nSPS) is 12.1. The maximum absolute atomic E-state index is 11.2. The molecule has 1 atom stereocenters. The molecule has 1 heterocycles. The SMILES string of the molecule is CC(=O)Nc1cccc([C@H](C)NCCc2cccc3cccnc23)c1. The molecule has 0 spiro atoms. The predicted molar refractivity (Wildman–Crippen MR) is 103 cm³/mol. The first-order valence-corrected chi connectivity index (χ1v) is 8.57. The van der Waals surface area contributed by atoms with E-state index in [0.29, 0.717) is 0 Å². The molecule has 0 saturated heterocycles. The number of aromatic nitrogens is 1. The summed E-state index contributed by atoms with van der Waals surface area (Å²) < 4.78 is 0. The molecule has 3 aromatic rings. The Morgan fingerprint density at radius 3 is 2.76 bits per heavy atom. The van der Waals surface area contributed by atoms with Crippen LogP contribution >= 0.6 is 0 Å². The number of rotatable bonds is 6. The maximum atomic E-state index is 11.2. The maximum Gasteiger partial charge on any atom is 0.221 e. The van der Waals surface area contributed by atoms with Crippen molar-refractivity contribution in [3.05, 3.63) is 71.9 Å². The third-order valence-electron chi connectivity index (χ3n) is 4.27. The summed E-state index contributed by atoms with van der Waals surface area (Å²) in [5.74, 6) is -0.0544. The zero-order valence-corrected chi connectivity index (χ0v) is 14.6. The van der Waals surface area contributed by atoms with Crippen molar-refractivity contribution >= 4 is 22.5 Å². The second-order valence-electron chi connectivity index (χ2n) is 6.22. The van der Waals surface area contributed by atoms with E-state index in [4.69, 9.17) is 0 Å². The third-order valence-corrected chi connectivity index (χ3v) is 4.27. The average molecular weight is 333 g/mol. The number of hydrogen-bond donors (Lipinski definition) is 2. The van der Waals surface area contributed by atoms with Crippen LogP contribution in [-0.4, -0.2) is 17.4 Å². The lowest BCUT2D eigenvalue weighted by Gasteiger charge is -2.16. The van der Waals surface area contributed by atoms with Gasteiger partial charge in [0.15, 0.2) is 0 Å². The first-order chi connectivity index (χ1) is 12.1. The molecule has 0 aliphatic carbocycles. The number of benzene rings is 2. The summed E-state index contributed by atoms with van der Waals surface area (Å²) in [6, 6.07) is 18.5. The first kappa shape index (κ1) is 17.1. The molecule has 2 aromatic carbocycles. The van der Waals surface area contributed by atoms with E-state index in [2.05, 4.69) is 52.9 Å². The Kier molecular flexibility index (Phi) is 5.41. The van der Waals surface area contributed by atoms with Gasteiger partial charge in [-0.1, -0.05) is 36.4 Å². The van der Waals surface area contributed by atoms with E-state index < -0.39 is 0 Å². The van der Waals surface area contributed by atoms with Crippen LogP contribution in [0.25, 0.3) is 10.9 Å². The monoisotopic (exact) mass is 333 g/mol. The molecule has 1 aromatic heterocycles. The van der Waals surface area contributed by atoms with Gasteiger partial charge in [-0.2, -0.15) is 0 Å². The second kappa shape index (κ2) is 7.90. The highest BCUT2D eigenvalue weighted by Gasteiger charge is 2.07. The number of hydrogen-bond acceptors (Lipinski definition) is 3. The van der Waals surface area contributed by atoms with Gasteiger partial charge in [0.1, 0.15) is 0 Å². The zero-order valence-electron chi connectivity index (χ0n) is 14.6. The largest absolute Gasteiger partial charge is 0.326 e. The Morgan fingerprint density at radius 2 is 1.92 bits per heavy atom. The summed E-state index contributed by atoms with van der Waals surface area (Å²) >= 11 is 0. The number of carbonyl (C=O) groups excluding carboxylic acids is 1. The molecule has 128 valence electrons. The number of para-hydroxylation sites is 1. The van der Waals surface area contributed by atoms with E-state index in [-0.39, 0.29) is 11.9 Å². The fraction of sp³-hybridized carbons (Fsp3) is 0.238. The highest BCUT2D eigenvalue weighted by molar-refractivity contribution is 5.88. The molecule has 4 nitrogen and oxygen atoms in total. The minimum Gasteiger partial charge on any atom is -0.326 e. The average Bonchev–Trinajstić information content (AvgIpc) is 2.61. The summed E-state index contributed by atoms with van der Waals surface area (Å²) in [4.78, 5) is 15.7. The van der Waals surface area contributed by atoms with Crippen LogP contribution in [-0.2, 0) is 11.2 Å². The Morgan fingerprint density at radius 1 is 1.12 bits per heavy atom. The van der Waals surface area contributed by atoms with Gasteiger partial charge in [0.2, 0.25) is 5.91 Å². The number of amides is 1. The number of nitrogens with zero attached hydrogens (tertiary/aromatic N) is 1. The van der Waals surface area contributed by atoms with E-state index in [9.17, 15) is 4.79 Å². The molecule has 4 heteroatoms. The van der Waals surface area contributed by atoms with E-state index in [0.717, 1.165) is 29.7 Å². The van der Waals surface area contributed by atoms with Crippen molar-refractivity contribution in [2.45, 2.75) is 26.3 Å². The Labute approximate surface area is 148 Å². The van der Waals surface area contributed by atoms with Crippen LogP contribution in [0.3, 0.4) is 0 Å². The molecule has 0 bridgehead atoms. The lowest BCUT2D eigenvalue weighted by Crippen LogP contribution is -2.21. The van der Waals surface area contributed by atoms with Gasteiger partial charge in [0.25, 0.3) is 0 Å². The van der Waals surface area contributed by atoms with Gasteiger partial charge in [-0.25, -0.2) is 0 Å². The van der Waals surface area contributed by atoms with E-state index in [1.54, 1.807) is 0 Å². The first-order valence-electron chi connectivity index (χ1n) is 8.57. The van der Waals surface area contributed by atoms with Crippen molar-refractivity contribution in [2.75, 3.05) is 11.9 Å². The summed E-state index contributed by atoms with van der Waals surface area (Å²) in [6.45, 7) is 4.52. The highest BCUT2D eigenvalue weighted by atomic mass is 16.1. The third kappa shape index (κ3) is 4.43. The topological polar surface area (TPSA) is 54.0 Å². The molecule has 25 heavy (non-hydrogen) atoms. The molecule has 1 amide bonds.